The number of hydrogen-bond acceptors (Lipinski definition) is 3. The monoisotopic (exact) mass is 211 g/mol. The van der Waals surface area contributed by atoms with Crippen molar-refractivity contribution < 1.29 is 0 Å². The van der Waals surface area contributed by atoms with Crippen LogP contribution in [-0.2, 0) is 0 Å². The van der Waals surface area contributed by atoms with Gasteiger partial charge in [-0.3, -0.25) is 5.01 Å². The van der Waals surface area contributed by atoms with Crippen LogP contribution in [0, 0.1) is 5.92 Å². The molecule has 88 valence electrons. The average molecular weight is 211 g/mol. The Morgan fingerprint density at radius 3 is 2.60 bits per heavy atom. The fourth-order valence-corrected chi connectivity index (χ4v) is 1.69. The van der Waals surface area contributed by atoms with Gasteiger partial charge < -0.3 is 4.90 Å². The molecule has 0 radical (unpaired) electrons. The molecule has 1 fully saturated rings. The van der Waals surface area contributed by atoms with Crippen molar-refractivity contribution in [1.82, 2.24) is 9.91 Å². The molecular formula is C12H25N3. The van der Waals surface area contributed by atoms with E-state index in [0.29, 0.717) is 0 Å². The van der Waals surface area contributed by atoms with Gasteiger partial charge in [0.25, 0.3) is 0 Å². The lowest BCUT2D eigenvalue weighted by atomic mass is 10.2. The number of rotatable bonds is 5. The van der Waals surface area contributed by atoms with E-state index in [-0.39, 0.29) is 0 Å². The minimum absolute atomic E-state index is 0.855. The Hall–Kier alpha value is -0.830. The summed E-state index contributed by atoms with van der Waals surface area (Å²) in [4.78, 5) is 2.46. The van der Waals surface area contributed by atoms with Crippen LogP contribution in [0.15, 0.2) is 17.9 Å². The summed E-state index contributed by atoms with van der Waals surface area (Å²) < 4.78 is 0. The third kappa shape index (κ3) is 5.57. The van der Waals surface area contributed by atoms with E-state index in [1.165, 1.54) is 19.5 Å². The van der Waals surface area contributed by atoms with E-state index in [2.05, 4.69) is 30.2 Å². The fourth-order valence-electron chi connectivity index (χ4n) is 1.69. The van der Waals surface area contributed by atoms with E-state index < -0.39 is 0 Å². The van der Waals surface area contributed by atoms with E-state index in [1.54, 1.807) is 11.2 Å². The van der Waals surface area contributed by atoms with Crippen molar-refractivity contribution in [2.45, 2.75) is 27.2 Å². The Balaban J connectivity index is 0.000000921. The van der Waals surface area contributed by atoms with Gasteiger partial charge in [0.2, 0.25) is 0 Å². The smallest absolute Gasteiger partial charge is 0.0535 e. The number of likely N-dealkylation sites (tertiary alicyclic amines) is 1. The molecule has 0 aliphatic carbocycles. The third-order valence-electron chi connectivity index (χ3n) is 2.55. The molecule has 0 spiro atoms. The minimum atomic E-state index is 0.855. The number of nitrogens with zero attached hydrogens (tertiary/aromatic N) is 3. The van der Waals surface area contributed by atoms with Gasteiger partial charge in [-0.05, 0) is 18.9 Å². The molecule has 1 heterocycles. The molecule has 1 saturated heterocycles. The van der Waals surface area contributed by atoms with E-state index in [0.717, 1.165) is 19.0 Å². The van der Waals surface area contributed by atoms with E-state index >= 15 is 0 Å². The summed E-state index contributed by atoms with van der Waals surface area (Å²) in [5, 5.41) is 5.61. The predicted molar refractivity (Wildman–Crippen MR) is 68.0 cm³/mol. The van der Waals surface area contributed by atoms with Gasteiger partial charge in [0.1, 0.15) is 0 Å². The SMILES string of the molecule is C=CN(CCN1CC[C@@H](C)C1)N=C.CC. The van der Waals surface area contributed by atoms with E-state index in [1.807, 2.05) is 13.8 Å². The van der Waals surface area contributed by atoms with Gasteiger partial charge in [-0.1, -0.05) is 27.4 Å². The fraction of sp³-hybridized carbons (Fsp3) is 0.750. The second-order valence-electron chi connectivity index (χ2n) is 3.68. The summed E-state index contributed by atoms with van der Waals surface area (Å²) in [5.41, 5.74) is 0. The van der Waals surface area contributed by atoms with Crippen LogP contribution in [0.3, 0.4) is 0 Å². The molecule has 3 heteroatoms. The molecule has 1 atom stereocenters. The van der Waals surface area contributed by atoms with Crippen molar-refractivity contribution in [1.29, 1.82) is 0 Å². The summed E-state index contributed by atoms with van der Waals surface area (Å²) in [6, 6.07) is 0. The molecule has 3 nitrogen and oxygen atoms in total. The molecule has 0 bridgehead atoms. The molecule has 15 heavy (non-hydrogen) atoms. The van der Waals surface area contributed by atoms with Gasteiger partial charge in [0, 0.05) is 26.0 Å². The van der Waals surface area contributed by atoms with Crippen molar-refractivity contribution in [2.75, 3.05) is 26.2 Å². The van der Waals surface area contributed by atoms with Crippen LogP contribution in [0.4, 0.5) is 0 Å². The second kappa shape index (κ2) is 8.48. The second-order valence-corrected chi connectivity index (χ2v) is 3.68. The van der Waals surface area contributed by atoms with Gasteiger partial charge in [-0.2, -0.15) is 5.10 Å². The molecule has 0 unspecified atom stereocenters. The Labute approximate surface area is 94.4 Å². The Bertz CT molecular complexity index is 172. The standard InChI is InChI=1S/C10H19N3.C2H6/c1-4-13(11-3)8-7-12-6-5-10(2)9-12;1-2/h4,10H,1,3,5-9H2,2H3;1-2H3/t10-;/m1./s1. The third-order valence-corrected chi connectivity index (χ3v) is 2.55. The van der Waals surface area contributed by atoms with Crippen molar-refractivity contribution in [3.8, 4) is 0 Å². The highest BCUT2D eigenvalue weighted by Crippen LogP contribution is 2.14. The first-order chi connectivity index (χ1) is 7.26. The highest BCUT2D eigenvalue weighted by atomic mass is 15.4. The van der Waals surface area contributed by atoms with Crippen LogP contribution in [0.5, 0.6) is 0 Å². The maximum Gasteiger partial charge on any atom is 0.0535 e. The van der Waals surface area contributed by atoms with Crippen LogP contribution in [-0.4, -0.2) is 42.8 Å². The van der Waals surface area contributed by atoms with E-state index in [9.17, 15) is 0 Å². The largest absolute Gasteiger partial charge is 0.301 e. The lowest BCUT2D eigenvalue weighted by Crippen LogP contribution is -2.28. The first kappa shape index (κ1) is 14.2. The Morgan fingerprint density at radius 1 is 1.53 bits per heavy atom. The number of hydrogen-bond donors (Lipinski definition) is 0. The highest BCUT2D eigenvalue weighted by molar-refractivity contribution is 5.22. The number of hydrazone groups is 1. The Morgan fingerprint density at radius 2 is 2.20 bits per heavy atom. The van der Waals surface area contributed by atoms with Gasteiger partial charge in [-0.15, -0.1) is 0 Å². The lowest BCUT2D eigenvalue weighted by molar-refractivity contribution is 0.276. The summed E-state index contributed by atoms with van der Waals surface area (Å²) in [6.07, 6.45) is 3.04. The molecule has 0 saturated carbocycles. The molecule has 0 N–H and O–H groups in total. The van der Waals surface area contributed by atoms with Gasteiger partial charge in [0.05, 0.1) is 6.54 Å². The summed E-state index contributed by atoms with van der Waals surface area (Å²) in [7, 11) is 0. The highest BCUT2D eigenvalue weighted by Gasteiger charge is 2.17. The van der Waals surface area contributed by atoms with Crippen molar-refractivity contribution in [2.24, 2.45) is 11.0 Å². The molecule has 0 aromatic heterocycles. The zero-order valence-electron chi connectivity index (χ0n) is 10.4. The zero-order valence-corrected chi connectivity index (χ0v) is 10.4. The van der Waals surface area contributed by atoms with Crippen molar-refractivity contribution in [3.63, 3.8) is 0 Å². The normalized spacial score (nSPS) is 20.3. The lowest BCUT2D eigenvalue weighted by Gasteiger charge is -2.19. The van der Waals surface area contributed by atoms with Crippen LogP contribution >= 0.6 is 0 Å². The van der Waals surface area contributed by atoms with Crippen LogP contribution in [0.1, 0.15) is 27.2 Å². The van der Waals surface area contributed by atoms with Crippen LogP contribution in [0.25, 0.3) is 0 Å². The first-order valence-electron chi connectivity index (χ1n) is 5.84. The molecule has 1 aliphatic rings. The predicted octanol–water partition coefficient (Wildman–Crippen LogP) is 2.42. The maximum absolute atomic E-state index is 3.83. The van der Waals surface area contributed by atoms with Crippen molar-refractivity contribution in [3.05, 3.63) is 12.8 Å². The van der Waals surface area contributed by atoms with Crippen LogP contribution in [0.2, 0.25) is 0 Å². The average Bonchev–Trinajstić information content (AvgIpc) is 2.69. The summed E-state index contributed by atoms with van der Waals surface area (Å²) in [5.74, 6) is 0.855. The molecule has 1 rings (SSSR count). The zero-order chi connectivity index (χ0) is 11.7. The molecule has 0 amide bonds. The van der Waals surface area contributed by atoms with Gasteiger partial charge in [0.15, 0.2) is 0 Å². The quantitative estimate of drug-likeness (QED) is 0.514. The minimum Gasteiger partial charge on any atom is -0.301 e. The van der Waals surface area contributed by atoms with Crippen molar-refractivity contribution >= 4 is 6.72 Å². The summed E-state index contributed by atoms with van der Waals surface area (Å²) in [6.45, 7) is 17.9. The molecular weight excluding hydrogens is 186 g/mol. The topological polar surface area (TPSA) is 18.8 Å². The van der Waals surface area contributed by atoms with Gasteiger partial charge in [-0.25, -0.2) is 0 Å². The Kier molecular flexibility index (Phi) is 8.01. The molecule has 0 aromatic carbocycles. The summed E-state index contributed by atoms with van der Waals surface area (Å²) >= 11 is 0. The first-order valence-corrected chi connectivity index (χ1v) is 5.84. The van der Waals surface area contributed by atoms with Crippen LogP contribution < -0.4 is 0 Å². The maximum atomic E-state index is 3.83. The molecule has 0 aromatic rings. The molecule has 1 aliphatic heterocycles. The van der Waals surface area contributed by atoms with E-state index in [4.69, 9.17) is 0 Å². The van der Waals surface area contributed by atoms with Gasteiger partial charge >= 0.3 is 0 Å².